The molecule has 0 saturated carbocycles. The molecule has 1 amide bonds. The second-order valence-electron chi connectivity index (χ2n) is 4.82. The zero-order chi connectivity index (χ0) is 13.6. The Balaban J connectivity index is 2.08. The molecule has 0 unspecified atom stereocenters. The van der Waals surface area contributed by atoms with Crippen molar-refractivity contribution in [2.45, 2.75) is 20.2 Å². The Hall–Kier alpha value is -1.72. The maximum Gasteiger partial charge on any atom is 0.573 e. The smallest absolute Gasteiger partial charge is 0.406 e. The Kier molecular flexibility index (Phi) is 2.76. The van der Waals surface area contributed by atoms with Crippen molar-refractivity contribution in [2.75, 3.05) is 11.4 Å². The van der Waals surface area contributed by atoms with Crippen molar-refractivity contribution in [3.63, 3.8) is 0 Å². The fourth-order valence-electron chi connectivity index (χ4n) is 1.85. The SMILES string of the molecule is CC1(C)CN(c2ccc(OC(F)(F)F)cc2)C1=O. The summed E-state index contributed by atoms with van der Waals surface area (Å²) < 4.78 is 39.6. The molecule has 0 atom stereocenters. The van der Waals surface area contributed by atoms with Crippen molar-refractivity contribution in [3.05, 3.63) is 24.3 Å². The van der Waals surface area contributed by atoms with Gasteiger partial charge in [0.15, 0.2) is 0 Å². The van der Waals surface area contributed by atoms with Crippen LogP contribution in [0, 0.1) is 5.41 Å². The zero-order valence-corrected chi connectivity index (χ0v) is 9.91. The molecule has 0 radical (unpaired) electrons. The largest absolute Gasteiger partial charge is 0.573 e. The summed E-state index contributed by atoms with van der Waals surface area (Å²) >= 11 is 0. The number of amides is 1. The van der Waals surface area contributed by atoms with Crippen LogP contribution in [0.25, 0.3) is 0 Å². The van der Waals surface area contributed by atoms with E-state index in [1.54, 1.807) is 0 Å². The second kappa shape index (κ2) is 3.90. The minimum Gasteiger partial charge on any atom is -0.406 e. The van der Waals surface area contributed by atoms with Crippen LogP contribution in [-0.4, -0.2) is 18.8 Å². The lowest BCUT2D eigenvalue weighted by atomic mass is 9.83. The monoisotopic (exact) mass is 259 g/mol. The predicted molar refractivity (Wildman–Crippen MR) is 59.3 cm³/mol. The number of hydrogen-bond donors (Lipinski definition) is 0. The number of carbonyl (C=O) groups excluding carboxylic acids is 1. The fourth-order valence-corrected chi connectivity index (χ4v) is 1.85. The molecular weight excluding hydrogens is 247 g/mol. The number of nitrogens with zero attached hydrogens (tertiary/aromatic N) is 1. The Morgan fingerprint density at radius 2 is 1.78 bits per heavy atom. The summed E-state index contributed by atoms with van der Waals surface area (Å²) in [5, 5.41) is 0. The van der Waals surface area contributed by atoms with Gasteiger partial charge in [0, 0.05) is 12.2 Å². The summed E-state index contributed by atoms with van der Waals surface area (Å²) in [5.41, 5.74) is 0.190. The lowest BCUT2D eigenvalue weighted by Crippen LogP contribution is -2.58. The highest BCUT2D eigenvalue weighted by Crippen LogP contribution is 2.36. The second-order valence-corrected chi connectivity index (χ2v) is 4.82. The van der Waals surface area contributed by atoms with Gasteiger partial charge in [-0.15, -0.1) is 13.2 Å². The van der Waals surface area contributed by atoms with E-state index in [-0.39, 0.29) is 17.1 Å². The number of anilines is 1. The molecule has 0 bridgehead atoms. The van der Waals surface area contributed by atoms with Gasteiger partial charge in [-0.1, -0.05) is 0 Å². The summed E-state index contributed by atoms with van der Waals surface area (Å²) in [5.74, 6) is -0.328. The molecule has 0 spiro atoms. The Bertz CT molecular complexity index is 465. The van der Waals surface area contributed by atoms with Crippen LogP contribution in [0.5, 0.6) is 5.75 Å². The highest BCUT2D eigenvalue weighted by molar-refractivity contribution is 6.03. The summed E-state index contributed by atoms with van der Waals surface area (Å²) in [7, 11) is 0. The number of benzene rings is 1. The van der Waals surface area contributed by atoms with Crippen molar-refractivity contribution < 1.29 is 22.7 Å². The third kappa shape index (κ3) is 2.42. The van der Waals surface area contributed by atoms with E-state index >= 15 is 0 Å². The Morgan fingerprint density at radius 3 is 2.17 bits per heavy atom. The van der Waals surface area contributed by atoms with Gasteiger partial charge >= 0.3 is 6.36 Å². The molecule has 1 aromatic rings. The third-order valence-electron chi connectivity index (χ3n) is 2.76. The van der Waals surface area contributed by atoms with E-state index in [4.69, 9.17) is 0 Å². The van der Waals surface area contributed by atoms with Crippen LogP contribution in [0.3, 0.4) is 0 Å². The van der Waals surface area contributed by atoms with E-state index in [9.17, 15) is 18.0 Å². The number of ether oxygens (including phenoxy) is 1. The predicted octanol–water partition coefficient (Wildman–Crippen LogP) is 2.96. The number of alkyl halides is 3. The van der Waals surface area contributed by atoms with Gasteiger partial charge in [-0.2, -0.15) is 0 Å². The van der Waals surface area contributed by atoms with Crippen LogP contribution in [0.4, 0.5) is 18.9 Å². The molecule has 98 valence electrons. The van der Waals surface area contributed by atoms with Crippen LogP contribution in [-0.2, 0) is 4.79 Å². The van der Waals surface area contributed by atoms with E-state index in [0.29, 0.717) is 12.2 Å². The van der Waals surface area contributed by atoms with Crippen LogP contribution in [0.1, 0.15) is 13.8 Å². The maximum atomic E-state index is 12.0. The lowest BCUT2D eigenvalue weighted by molar-refractivity contribution is -0.274. The molecule has 18 heavy (non-hydrogen) atoms. The van der Waals surface area contributed by atoms with Gasteiger partial charge in [0.1, 0.15) is 5.75 Å². The minimum absolute atomic E-state index is 0.0352. The molecule has 0 N–H and O–H groups in total. The van der Waals surface area contributed by atoms with Crippen molar-refractivity contribution in [2.24, 2.45) is 5.41 Å². The summed E-state index contributed by atoms with van der Waals surface area (Å²) in [6.07, 6.45) is -4.70. The summed E-state index contributed by atoms with van der Waals surface area (Å²) in [6.45, 7) is 4.21. The molecule has 0 aliphatic carbocycles. The standard InChI is InChI=1S/C12H12F3NO2/c1-11(2)7-16(10(11)17)8-3-5-9(6-4-8)18-12(13,14)15/h3-6H,7H2,1-2H3. The van der Waals surface area contributed by atoms with Gasteiger partial charge in [0.05, 0.1) is 5.41 Å². The molecule has 0 aromatic heterocycles. The first-order chi connectivity index (χ1) is 8.19. The molecule has 3 nitrogen and oxygen atoms in total. The first kappa shape index (κ1) is 12.7. The first-order valence-electron chi connectivity index (χ1n) is 5.37. The highest BCUT2D eigenvalue weighted by Gasteiger charge is 2.44. The minimum atomic E-state index is -4.70. The van der Waals surface area contributed by atoms with Gasteiger partial charge in [-0.3, -0.25) is 4.79 Å². The van der Waals surface area contributed by atoms with Crippen LogP contribution < -0.4 is 9.64 Å². The van der Waals surface area contributed by atoms with E-state index in [1.165, 1.54) is 29.2 Å². The molecule has 1 aromatic carbocycles. The number of rotatable bonds is 2. The van der Waals surface area contributed by atoms with Gasteiger partial charge in [-0.05, 0) is 38.1 Å². The Labute approximate surface area is 102 Å². The quantitative estimate of drug-likeness (QED) is 0.764. The molecule has 1 heterocycles. The summed E-state index contributed by atoms with van der Waals surface area (Å²) in [6, 6.07) is 5.27. The van der Waals surface area contributed by atoms with Crippen molar-refractivity contribution in [3.8, 4) is 5.75 Å². The van der Waals surface area contributed by atoms with E-state index in [0.717, 1.165) is 0 Å². The number of carbonyl (C=O) groups is 1. The lowest BCUT2D eigenvalue weighted by Gasteiger charge is -2.44. The summed E-state index contributed by atoms with van der Waals surface area (Å²) in [4.78, 5) is 13.2. The highest BCUT2D eigenvalue weighted by atomic mass is 19.4. The van der Waals surface area contributed by atoms with Crippen LogP contribution in [0.15, 0.2) is 24.3 Å². The third-order valence-corrected chi connectivity index (χ3v) is 2.76. The van der Waals surface area contributed by atoms with Gasteiger partial charge in [0.25, 0.3) is 0 Å². The topological polar surface area (TPSA) is 29.5 Å². The molecule has 1 aliphatic heterocycles. The molecular formula is C12H12F3NO2. The maximum absolute atomic E-state index is 12.0. The molecule has 1 aliphatic rings. The number of β-lactam (4-membered cyclic amide) rings is 1. The molecule has 2 rings (SSSR count). The molecule has 6 heteroatoms. The number of halogens is 3. The molecule has 1 fully saturated rings. The molecule has 1 saturated heterocycles. The Morgan fingerprint density at radius 1 is 1.22 bits per heavy atom. The first-order valence-corrected chi connectivity index (χ1v) is 5.37. The average Bonchev–Trinajstić information content (AvgIpc) is 2.25. The zero-order valence-electron chi connectivity index (χ0n) is 9.91. The van der Waals surface area contributed by atoms with Crippen molar-refractivity contribution in [1.82, 2.24) is 0 Å². The van der Waals surface area contributed by atoms with Crippen molar-refractivity contribution >= 4 is 11.6 Å². The fraction of sp³-hybridized carbons (Fsp3) is 0.417. The average molecular weight is 259 g/mol. The van der Waals surface area contributed by atoms with Crippen LogP contribution >= 0.6 is 0 Å². The van der Waals surface area contributed by atoms with E-state index in [1.807, 2.05) is 13.8 Å². The van der Waals surface area contributed by atoms with E-state index in [2.05, 4.69) is 4.74 Å². The van der Waals surface area contributed by atoms with Crippen LogP contribution in [0.2, 0.25) is 0 Å². The van der Waals surface area contributed by atoms with Crippen molar-refractivity contribution in [1.29, 1.82) is 0 Å². The van der Waals surface area contributed by atoms with Gasteiger partial charge < -0.3 is 9.64 Å². The normalized spacial score (nSPS) is 18.5. The van der Waals surface area contributed by atoms with E-state index < -0.39 is 6.36 Å². The van der Waals surface area contributed by atoms with Gasteiger partial charge in [0.2, 0.25) is 5.91 Å². The number of hydrogen-bond acceptors (Lipinski definition) is 2. The van der Waals surface area contributed by atoms with Gasteiger partial charge in [-0.25, -0.2) is 0 Å².